The number of amides is 1. The fourth-order valence-corrected chi connectivity index (χ4v) is 2.25. The number of nitro groups is 1. The highest BCUT2D eigenvalue weighted by Gasteiger charge is 2.20. The zero-order valence-electron chi connectivity index (χ0n) is 10.3. The lowest BCUT2D eigenvalue weighted by atomic mass is 10.2. The van der Waals surface area contributed by atoms with Gasteiger partial charge >= 0.3 is 0 Å². The van der Waals surface area contributed by atoms with E-state index < -0.39 is 4.92 Å². The number of hydrogen-bond donors (Lipinski definition) is 0. The lowest BCUT2D eigenvalue weighted by Crippen LogP contribution is -2.49. The number of non-ortho nitro benzene ring substituents is 1. The number of nitro benzene ring substituents is 1. The van der Waals surface area contributed by atoms with Crippen LogP contribution in [0.5, 0.6) is 0 Å². The van der Waals surface area contributed by atoms with Gasteiger partial charge in [-0.3, -0.25) is 14.9 Å². The maximum absolute atomic E-state index is 11.4. The lowest BCUT2D eigenvalue weighted by Gasteiger charge is -2.35. The molecule has 2 rings (SSSR count). The first-order chi connectivity index (χ1) is 9.11. The van der Waals surface area contributed by atoms with Gasteiger partial charge in [0.2, 0.25) is 5.91 Å². The monoisotopic (exact) mass is 283 g/mol. The number of piperazine rings is 1. The van der Waals surface area contributed by atoms with E-state index in [-0.39, 0.29) is 17.5 Å². The van der Waals surface area contributed by atoms with Gasteiger partial charge in [0.25, 0.3) is 5.69 Å². The molecule has 0 aliphatic carbocycles. The molecule has 1 aliphatic rings. The standard InChI is InChI=1S/C12H14ClN3O3/c13-9-12(17)15-7-5-14(6-8-15)10-1-3-11(4-2-10)16(18)19/h1-4H,5-9H2. The van der Waals surface area contributed by atoms with Gasteiger partial charge < -0.3 is 9.80 Å². The average molecular weight is 284 g/mol. The fourth-order valence-electron chi connectivity index (χ4n) is 2.08. The van der Waals surface area contributed by atoms with Crippen LogP contribution in [0.3, 0.4) is 0 Å². The van der Waals surface area contributed by atoms with E-state index in [9.17, 15) is 14.9 Å². The number of halogens is 1. The Labute approximate surface area is 115 Å². The van der Waals surface area contributed by atoms with Crippen LogP contribution in [0.4, 0.5) is 11.4 Å². The minimum atomic E-state index is -0.416. The largest absolute Gasteiger partial charge is 0.368 e. The van der Waals surface area contributed by atoms with Crippen molar-refractivity contribution in [1.82, 2.24) is 4.90 Å². The van der Waals surface area contributed by atoms with Gasteiger partial charge in [-0.05, 0) is 12.1 Å². The molecule has 1 fully saturated rings. The van der Waals surface area contributed by atoms with Crippen LogP contribution in [-0.2, 0) is 4.79 Å². The summed E-state index contributed by atoms with van der Waals surface area (Å²) < 4.78 is 0. The molecule has 0 radical (unpaired) electrons. The van der Waals surface area contributed by atoms with E-state index in [1.807, 2.05) is 0 Å². The van der Waals surface area contributed by atoms with Crippen LogP contribution in [0.15, 0.2) is 24.3 Å². The highest BCUT2D eigenvalue weighted by Crippen LogP contribution is 2.20. The van der Waals surface area contributed by atoms with Crippen molar-refractivity contribution in [2.75, 3.05) is 37.0 Å². The number of anilines is 1. The Bertz CT molecular complexity index is 470. The third kappa shape index (κ3) is 3.14. The molecule has 1 aromatic carbocycles. The van der Waals surface area contributed by atoms with Gasteiger partial charge in [0.15, 0.2) is 0 Å². The highest BCUT2D eigenvalue weighted by molar-refractivity contribution is 6.27. The summed E-state index contributed by atoms with van der Waals surface area (Å²) in [6.45, 7) is 2.67. The van der Waals surface area contributed by atoms with E-state index in [1.165, 1.54) is 12.1 Å². The second-order valence-electron chi connectivity index (χ2n) is 4.27. The maximum Gasteiger partial charge on any atom is 0.269 e. The van der Waals surface area contributed by atoms with Gasteiger partial charge in [-0.1, -0.05) is 0 Å². The third-order valence-electron chi connectivity index (χ3n) is 3.17. The fraction of sp³-hybridized carbons (Fsp3) is 0.417. The summed E-state index contributed by atoms with van der Waals surface area (Å²) in [6, 6.07) is 6.45. The van der Waals surface area contributed by atoms with Crippen LogP contribution >= 0.6 is 11.6 Å². The molecule has 6 nitrogen and oxygen atoms in total. The normalized spacial score (nSPS) is 15.4. The molecule has 1 aliphatic heterocycles. The molecular formula is C12H14ClN3O3. The predicted molar refractivity (Wildman–Crippen MR) is 72.6 cm³/mol. The molecule has 7 heteroatoms. The number of nitrogens with zero attached hydrogens (tertiary/aromatic N) is 3. The Balaban J connectivity index is 1.97. The first-order valence-corrected chi connectivity index (χ1v) is 6.48. The quantitative estimate of drug-likeness (QED) is 0.479. The topological polar surface area (TPSA) is 66.7 Å². The van der Waals surface area contributed by atoms with Crippen LogP contribution in [0.2, 0.25) is 0 Å². The highest BCUT2D eigenvalue weighted by atomic mass is 35.5. The Kier molecular flexibility index (Phi) is 4.21. The number of benzene rings is 1. The van der Waals surface area contributed by atoms with E-state index in [1.54, 1.807) is 17.0 Å². The molecule has 0 N–H and O–H groups in total. The van der Waals surface area contributed by atoms with Crippen LogP contribution < -0.4 is 4.90 Å². The van der Waals surface area contributed by atoms with E-state index >= 15 is 0 Å². The van der Waals surface area contributed by atoms with Crippen molar-refractivity contribution in [3.63, 3.8) is 0 Å². The molecule has 0 unspecified atom stereocenters. The summed E-state index contributed by atoms with van der Waals surface area (Å²) in [7, 11) is 0. The van der Waals surface area contributed by atoms with Crippen molar-refractivity contribution in [2.24, 2.45) is 0 Å². The number of rotatable bonds is 3. The Morgan fingerprint density at radius 1 is 1.21 bits per heavy atom. The molecule has 0 aromatic heterocycles. The predicted octanol–water partition coefficient (Wildman–Crippen LogP) is 1.48. The summed E-state index contributed by atoms with van der Waals surface area (Å²) in [5.41, 5.74) is 1.02. The first kappa shape index (κ1) is 13.6. The van der Waals surface area contributed by atoms with Crippen LogP contribution in [0.25, 0.3) is 0 Å². The van der Waals surface area contributed by atoms with Gasteiger partial charge in [-0.25, -0.2) is 0 Å². The number of carbonyl (C=O) groups is 1. The summed E-state index contributed by atoms with van der Waals surface area (Å²) in [6.07, 6.45) is 0. The van der Waals surface area contributed by atoms with Crippen molar-refractivity contribution >= 4 is 28.9 Å². The second-order valence-corrected chi connectivity index (χ2v) is 4.54. The Morgan fingerprint density at radius 2 is 1.79 bits per heavy atom. The maximum atomic E-state index is 11.4. The van der Waals surface area contributed by atoms with Gasteiger partial charge in [0.1, 0.15) is 5.88 Å². The van der Waals surface area contributed by atoms with Crippen molar-refractivity contribution in [2.45, 2.75) is 0 Å². The Hall–Kier alpha value is -1.82. The average Bonchev–Trinajstić information content (AvgIpc) is 2.46. The molecule has 102 valence electrons. The summed E-state index contributed by atoms with van der Waals surface area (Å²) >= 11 is 5.52. The van der Waals surface area contributed by atoms with Crippen LogP contribution in [-0.4, -0.2) is 47.8 Å². The van der Waals surface area contributed by atoms with E-state index in [4.69, 9.17) is 11.6 Å². The van der Waals surface area contributed by atoms with E-state index in [0.29, 0.717) is 26.2 Å². The Morgan fingerprint density at radius 3 is 2.26 bits per heavy atom. The van der Waals surface area contributed by atoms with Crippen LogP contribution in [0, 0.1) is 10.1 Å². The SMILES string of the molecule is O=C(CCl)N1CCN(c2ccc([N+](=O)[O-])cc2)CC1. The van der Waals surface area contributed by atoms with E-state index in [2.05, 4.69) is 4.90 Å². The number of hydrogen-bond acceptors (Lipinski definition) is 4. The lowest BCUT2D eigenvalue weighted by molar-refractivity contribution is -0.384. The van der Waals surface area contributed by atoms with Gasteiger partial charge in [-0.2, -0.15) is 0 Å². The number of alkyl halides is 1. The molecule has 19 heavy (non-hydrogen) atoms. The molecule has 1 amide bonds. The van der Waals surface area contributed by atoms with Crippen molar-refractivity contribution < 1.29 is 9.72 Å². The van der Waals surface area contributed by atoms with Crippen molar-refractivity contribution in [3.8, 4) is 0 Å². The summed E-state index contributed by atoms with van der Waals surface area (Å²) in [4.78, 5) is 25.4. The van der Waals surface area contributed by atoms with E-state index in [0.717, 1.165) is 5.69 Å². The zero-order valence-corrected chi connectivity index (χ0v) is 11.0. The van der Waals surface area contributed by atoms with Gasteiger partial charge in [-0.15, -0.1) is 11.6 Å². The van der Waals surface area contributed by atoms with Crippen molar-refractivity contribution in [3.05, 3.63) is 34.4 Å². The van der Waals surface area contributed by atoms with Gasteiger partial charge in [0, 0.05) is 44.0 Å². The van der Waals surface area contributed by atoms with Crippen LogP contribution in [0.1, 0.15) is 0 Å². The molecule has 0 bridgehead atoms. The summed E-state index contributed by atoms with van der Waals surface area (Å²) in [5, 5.41) is 10.6. The minimum absolute atomic E-state index is 0.0114. The van der Waals surface area contributed by atoms with Gasteiger partial charge in [0.05, 0.1) is 4.92 Å². The summed E-state index contributed by atoms with van der Waals surface area (Å²) in [5.74, 6) is -0.0395. The molecular weight excluding hydrogens is 270 g/mol. The molecule has 1 saturated heterocycles. The molecule has 0 atom stereocenters. The molecule has 0 saturated carbocycles. The second kappa shape index (κ2) is 5.88. The number of carbonyl (C=O) groups excluding carboxylic acids is 1. The molecule has 0 spiro atoms. The van der Waals surface area contributed by atoms with Crippen molar-refractivity contribution in [1.29, 1.82) is 0 Å². The smallest absolute Gasteiger partial charge is 0.269 e. The first-order valence-electron chi connectivity index (χ1n) is 5.95. The zero-order chi connectivity index (χ0) is 13.8. The molecule has 1 aromatic rings. The third-order valence-corrected chi connectivity index (χ3v) is 3.40. The minimum Gasteiger partial charge on any atom is -0.368 e. The molecule has 1 heterocycles.